The van der Waals surface area contributed by atoms with Crippen molar-refractivity contribution in [2.45, 2.75) is 64.2 Å². The van der Waals surface area contributed by atoms with Crippen molar-refractivity contribution in [1.82, 2.24) is 10.3 Å². The molecular weight excluding hydrogens is 304 g/mol. The molecule has 1 aromatic heterocycles. The van der Waals surface area contributed by atoms with Crippen molar-refractivity contribution in [2.75, 3.05) is 13.6 Å². The predicted octanol–water partition coefficient (Wildman–Crippen LogP) is 5.25. The van der Waals surface area contributed by atoms with Crippen LogP contribution in [0.1, 0.15) is 69.8 Å². The van der Waals surface area contributed by atoms with Crippen LogP contribution in [0.4, 0.5) is 0 Å². The lowest BCUT2D eigenvalue weighted by atomic mass is 9.48. The van der Waals surface area contributed by atoms with Gasteiger partial charge in [0.25, 0.3) is 0 Å². The minimum atomic E-state index is 0.739. The van der Waals surface area contributed by atoms with Crippen LogP contribution in [0.15, 0.2) is 24.5 Å². The maximum Gasteiger partial charge on any atom is 0.0270 e. The van der Waals surface area contributed by atoms with E-state index >= 15 is 0 Å². The van der Waals surface area contributed by atoms with E-state index < -0.39 is 0 Å². The summed E-state index contributed by atoms with van der Waals surface area (Å²) in [5.41, 5.74) is 2.07. The fourth-order valence-electron chi connectivity index (χ4n) is 6.64. The van der Waals surface area contributed by atoms with Crippen molar-refractivity contribution in [3.63, 3.8) is 0 Å². The molecule has 1 atom stereocenters. The molecule has 4 saturated carbocycles. The summed E-state index contributed by atoms with van der Waals surface area (Å²) >= 11 is 0. The van der Waals surface area contributed by atoms with Crippen LogP contribution in [0, 0.1) is 35.5 Å². The van der Waals surface area contributed by atoms with E-state index in [4.69, 9.17) is 0 Å². The zero-order chi connectivity index (χ0) is 17.1. The molecule has 0 saturated heterocycles. The van der Waals surface area contributed by atoms with E-state index in [0.717, 1.165) is 35.6 Å². The lowest BCUT2D eigenvalue weighted by Gasteiger charge is -2.57. The van der Waals surface area contributed by atoms with Gasteiger partial charge in [0.1, 0.15) is 0 Å². The second kappa shape index (κ2) is 7.78. The monoisotopic (exact) mass is 339 g/mol. The number of aromatic nitrogens is 1. The second-order valence-corrected chi connectivity index (χ2v) is 9.43. The Bertz CT molecular complexity index is 503. The molecule has 1 unspecified atom stereocenters. The smallest absolute Gasteiger partial charge is 0.0270 e. The van der Waals surface area contributed by atoms with Crippen LogP contribution >= 0.6 is 0 Å². The lowest BCUT2D eigenvalue weighted by molar-refractivity contribution is -0.0601. The summed E-state index contributed by atoms with van der Waals surface area (Å²) < 4.78 is 0. The number of hydrogen-bond donors (Lipinski definition) is 1. The largest absolute Gasteiger partial charge is 0.320 e. The van der Waals surface area contributed by atoms with Gasteiger partial charge in [-0.15, -0.1) is 0 Å². The van der Waals surface area contributed by atoms with Gasteiger partial charge in [-0.2, -0.15) is 0 Å². The number of nitrogens with zero attached hydrogens (tertiary/aromatic N) is 1. The Morgan fingerprint density at radius 2 is 1.72 bits per heavy atom. The van der Waals surface area contributed by atoms with Crippen LogP contribution in [-0.2, 0) is 0 Å². The molecule has 4 aliphatic carbocycles. The number of rotatable bonds is 9. The van der Waals surface area contributed by atoms with Gasteiger partial charge in [-0.25, -0.2) is 0 Å². The van der Waals surface area contributed by atoms with Crippen molar-refractivity contribution in [1.29, 1.82) is 0 Å². The summed E-state index contributed by atoms with van der Waals surface area (Å²) in [4.78, 5) is 4.13. The topological polar surface area (TPSA) is 24.9 Å². The van der Waals surface area contributed by atoms with Gasteiger partial charge in [0.15, 0.2) is 0 Å². The van der Waals surface area contributed by atoms with Gasteiger partial charge in [-0.3, -0.25) is 4.98 Å². The van der Waals surface area contributed by atoms with Gasteiger partial charge in [-0.05, 0) is 131 Å². The Balaban J connectivity index is 1.32. The van der Waals surface area contributed by atoms with Crippen LogP contribution in [0.5, 0.6) is 0 Å². The van der Waals surface area contributed by atoms with Crippen LogP contribution < -0.4 is 5.32 Å². The first-order valence-electron chi connectivity index (χ1n) is 10.6. The van der Waals surface area contributed by atoms with Gasteiger partial charge < -0.3 is 5.32 Å². The zero-order valence-electron chi connectivity index (χ0n) is 15.9. The average molecular weight is 340 g/mol. The Hall–Kier alpha value is -0.890. The van der Waals surface area contributed by atoms with E-state index in [1.807, 2.05) is 12.4 Å². The molecular formula is C23H35N2. The minimum absolute atomic E-state index is 0.739. The summed E-state index contributed by atoms with van der Waals surface area (Å²) in [5.74, 6) is 4.09. The third kappa shape index (κ3) is 4.27. The van der Waals surface area contributed by atoms with Gasteiger partial charge >= 0.3 is 0 Å². The molecule has 1 aromatic rings. The second-order valence-electron chi connectivity index (χ2n) is 9.43. The van der Waals surface area contributed by atoms with E-state index in [0.29, 0.717) is 0 Å². The van der Waals surface area contributed by atoms with E-state index in [-0.39, 0.29) is 0 Å². The maximum absolute atomic E-state index is 4.13. The van der Waals surface area contributed by atoms with E-state index in [1.165, 1.54) is 31.2 Å². The van der Waals surface area contributed by atoms with E-state index in [2.05, 4.69) is 35.9 Å². The van der Waals surface area contributed by atoms with Gasteiger partial charge in [0.2, 0.25) is 0 Å². The molecule has 0 aliphatic heterocycles. The molecule has 2 nitrogen and oxygen atoms in total. The van der Waals surface area contributed by atoms with E-state index in [9.17, 15) is 0 Å². The molecule has 137 valence electrons. The third-order valence-corrected chi connectivity index (χ3v) is 7.44. The van der Waals surface area contributed by atoms with Crippen LogP contribution in [0.3, 0.4) is 0 Å². The highest BCUT2D eigenvalue weighted by Gasteiger charge is 2.50. The highest BCUT2D eigenvalue weighted by molar-refractivity contribution is 5.19. The molecule has 1 N–H and O–H groups in total. The average Bonchev–Trinajstić information content (AvgIpc) is 2.61. The van der Waals surface area contributed by atoms with Crippen molar-refractivity contribution < 1.29 is 0 Å². The molecule has 4 bridgehead atoms. The molecule has 1 radical (unpaired) electrons. The number of pyridine rings is 1. The van der Waals surface area contributed by atoms with Crippen molar-refractivity contribution in [2.24, 2.45) is 29.1 Å². The summed E-state index contributed by atoms with van der Waals surface area (Å²) in [5, 5.41) is 3.37. The summed E-state index contributed by atoms with van der Waals surface area (Å²) in [6.45, 7) is 1.15. The maximum atomic E-state index is 4.13. The Morgan fingerprint density at radius 3 is 2.32 bits per heavy atom. The van der Waals surface area contributed by atoms with Crippen molar-refractivity contribution >= 4 is 0 Å². The number of nitrogens with one attached hydrogen (secondary N) is 1. The lowest BCUT2D eigenvalue weighted by Crippen LogP contribution is -2.46. The van der Waals surface area contributed by atoms with Crippen molar-refractivity contribution in [3.8, 4) is 0 Å². The first-order valence-corrected chi connectivity index (χ1v) is 10.6. The summed E-state index contributed by atoms with van der Waals surface area (Å²) in [6, 6.07) is 4.27. The molecule has 1 heterocycles. The van der Waals surface area contributed by atoms with Crippen LogP contribution in [-0.4, -0.2) is 18.6 Å². The molecule has 0 amide bonds. The molecule has 2 heteroatoms. The highest BCUT2D eigenvalue weighted by atomic mass is 14.8. The summed E-state index contributed by atoms with van der Waals surface area (Å²) in [6.07, 6.45) is 21.1. The SMILES string of the molecule is CNCCC(C[CH]c1ccncc1)CCC12CC3CC(CC(C3)C1)C2. The molecule has 5 rings (SSSR count). The first-order chi connectivity index (χ1) is 12.2. The molecule has 25 heavy (non-hydrogen) atoms. The zero-order valence-corrected chi connectivity index (χ0v) is 15.9. The predicted molar refractivity (Wildman–Crippen MR) is 104 cm³/mol. The fourth-order valence-corrected chi connectivity index (χ4v) is 6.64. The Labute approximate surface area is 154 Å². The first kappa shape index (κ1) is 17.5. The minimum Gasteiger partial charge on any atom is -0.320 e. The molecule has 4 aliphatic rings. The normalized spacial score (nSPS) is 34.4. The van der Waals surface area contributed by atoms with Crippen LogP contribution in [0.2, 0.25) is 0 Å². The fraction of sp³-hybridized carbons (Fsp3) is 0.739. The number of hydrogen-bond acceptors (Lipinski definition) is 2. The Kier molecular flexibility index (Phi) is 5.45. The summed E-state index contributed by atoms with van der Waals surface area (Å²) in [7, 11) is 2.09. The van der Waals surface area contributed by atoms with Gasteiger partial charge in [0.05, 0.1) is 0 Å². The van der Waals surface area contributed by atoms with Crippen molar-refractivity contribution in [3.05, 3.63) is 36.5 Å². The van der Waals surface area contributed by atoms with Gasteiger partial charge in [0, 0.05) is 12.4 Å². The standard InChI is InChI=1S/C23H35N2/c1-24-9-5-18(2-3-19-6-10-25-11-7-19)4-8-23-15-20-12-21(16-23)14-22(13-20)17-23/h3,6-7,10-11,18,20-22,24H,2,4-5,8-9,12-17H2,1H3. The molecule has 0 spiro atoms. The van der Waals surface area contributed by atoms with Crippen LogP contribution in [0.25, 0.3) is 0 Å². The van der Waals surface area contributed by atoms with Gasteiger partial charge in [-0.1, -0.05) is 0 Å². The quantitative estimate of drug-likeness (QED) is 0.665. The highest BCUT2D eigenvalue weighted by Crippen LogP contribution is 2.61. The Morgan fingerprint density at radius 1 is 1.08 bits per heavy atom. The van der Waals surface area contributed by atoms with E-state index in [1.54, 1.807) is 38.5 Å². The third-order valence-electron chi connectivity index (χ3n) is 7.44. The molecule has 4 fully saturated rings. The molecule has 0 aromatic carbocycles.